The molecule has 0 unspecified atom stereocenters. The number of pyridine rings is 1. The summed E-state index contributed by atoms with van der Waals surface area (Å²) < 4.78 is 46.9. The van der Waals surface area contributed by atoms with Crippen LogP contribution >= 0.6 is 0 Å². The van der Waals surface area contributed by atoms with Crippen molar-refractivity contribution in [1.29, 1.82) is 0 Å². The van der Waals surface area contributed by atoms with Gasteiger partial charge in [0.15, 0.2) is 0 Å². The van der Waals surface area contributed by atoms with Crippen molar-refractivity contribution in [2.45, 2.75) is 38.1 Å². The topological polar surface area (TPSA) is 101 Å². The van der Waals surface area contributed by atoms with Crippen molar-refractivity contribution in [3.8, 4) is 22.8 Å². The van der Waals surface area contributed by atoms with Gasteiger partial charge in [0.1, 0.15) is 0 Å². The Morgan fingerprint density at radius 3 is 2.41 bits per heavy atom. The standard InChI is InChI=1S/C28H25F3N4O4/c1-27(2,28(29,30)31)21-9-6-18(7-10-21)24-32-25(39-33-24)20-8-11-23(37)34(14-20)13-17-4-3-5-19(12-17)26(38)35-15-22(36)16-35/h3-12,14,22,36H,13,15-16H2,1-2H3. The van der Waals surface area contributed by atoms with Gasteiger partial charge in [-0.15, -0.1) is 0 Å². The highest BCUT2D eigenvalue weighted by Gasteiger charge is 2.48. The number of benzene rings is 2. The van der Waals surface area contributed by atoms with Crippen molar-refractivity contribution < 1.29 is 27.6 Å². The average Bonchev–Trinajstić information content (AvgIpc) is 3.38. The summed E-state index contributed by atoms with van der Waals surface area (Å²) in [5, 5.41) is 13.4. The number of aliphatic hydroxyl groups excluding tert-OH is 1. The molecule has 0 bridgehead atoms. The van der Waals surface area contributed by atoms with Gasteiger partial charge in [-0.25, -0.2) is 0 Å². The van der Waals surface area contributed by atoms with Crippen LogP contribution in [-0.2, 0) is 12.0 Å². The predicted octanol–water partition coefficient (Wildman–Crippen LogP) is 4.27. The third-order valence-corrected chi connectivity index (χ3v) is 6.91. The lowest BCUT2D eigenvalue weighted by Gasteiger charge is -2.35. The quantitative estimate of drug-likeness (QED) is 0.394. The molecular formula is C28H25F3N4O4. The molecule has 39 heavy (non-hydrogen) atoms. The zero-order chi connectivity index (χ0) is 27.9. The fourth-order valence-corrected chi connectivity index (χ4v) is 4.24. The van der Waals surface area contributed by atoms with Gasteiger partial charge in [-0.05, 0) is 43.2 Å². The Labute approximate surface area is 221 Å². The average molecular weight is 539 g/mol. The van der Waals surface area contributed by atoms with Crippen LogP contribution in [0.15, 0.2) is 76.2 Å². The molecule has 4 aromatic rings. The van der Waals surface area contributed by atoms with Gasteiger partial charge in [0.25, 0.3) is 17.4 Å². The number of hydrogen-bond donors (Lipinski definition) is 1. The highest BCUT2D eigenvalue weighted by molar-refractivity contribution is 5.95. The number of aliphatic hydroxyl groups is 1. The number of carbonyl (C=O) groups excluding carboxylic acids is 1. The van der Waals surface area contributed by atoms with Crippen molar-refractivity contribution in [3.05, 3.63) is 93.9 Å². The molecule has 1 aliphatic heterocycles. The van der Waals surface area contributed by atoms with Crippen LogP contribution in [0, 0.1) is 0 Å². The molecule has 3 heterocycles. The molecule has 2 aromatic heterocycles. The minimum atomic E-state index is -4.40. The number of hydrogen-bond acceptors (Lipinski definition) is 6. The molecule has 0 spiro atoms. The number of rotatable bonds is 6. The van der Waals surface area contributed by atoms with E-state index in [0.717, 1.165) is 19.4 Å². The first kappa shape index (κ1) is 26.4. The van der Waals surface area contributed by atoms with Gasteiger partial charge in [0, 0.05) is 36.5 Å². The Hall–Kier alpha value is -4.25. The molecule has 0 aliphatic carbocycles. The number of alkyl halides is 3. The van der Waals surface area contributed by atoms with Crippen molar-refractivity contribution >= 4 is 5.91 Å². The smallest absolute Gasteiger partial charge is 0.389 e. The highest BCUT2D eigenvalue weighted by atomic mass is 19.4. The number of β-amino-alcohol motifs (C(OH)–C–C–N with tert-alkyl or cyclic N) is 1. The molecule has 11 heteroatoms. The number of likely N-dealkylation sites (tertiary alicyclic amines) is 1. The molecule has 0 saturated carbocycles. The minimum absolute atomic E-state index is 0.114. The first-order valence-corrected chi connectivity index (χ1v) is 12.2. The lowest BCUT2D eigenvalue weighted by atomic mass is 9.83. The van der Waals surface area contributed by atoms with Gasteiger partial charge in [-0.2, -0.15) is 18.2 Å². The molecule has 1 aliphatic rings. The summed E-state index contributed by atoms with van der Waals surface area (Å²) in [4.78, 5) is 31.0. The summed E-state index contributed by atoms with van der Waals surface area (Å²) in [5.41, 5.74) is -0.0109. The Balaban J connectivity index is 1.35. The first-order chi connectivity index (χ1) is 18.4. The van der Waals surface area contributed by atoms with Crippen molar-refractivity contribution in [1.82, 2.24) is 19.6 Å². The van der Waals surface area contributed by atoms with Gasteiger partial charge in [-0.1, -0.05) is 41.6 Å². The molecule has 8 nitrogen and oxygen atoms in total. The van der Waals surface area contributed by atoms with Crippen molar-refractivity contribution in [3.63, 3.8) is 0 Å². The Morgan fingerprint density at radius 1 is 1.05 bits per heavy atom. The molecule has 1 amide bonds. The lowest BCUT2D eigenvalue weighted by Crippen LogP contribution is -2.53. The maximum absolute atomic E-state index is 13.4. The summed E-state index contributed by atoms with van der Waals surface area (Å²) in [6.45, 7) is 3.02. The van der Waals surface area contributed by atoms with Crippen molar-refractivity contribution in [2.75, 3.05) is 13.1 Å². The number of nitrogens with zero attached hydrogens (tertiary/aromatic N) is 4. The van der Waals surface area contributed by atoms with E-state index >= 15 is 0 Å². The summed E-state index contributed by atoms with van der Waals surface area (Å²) in [5.74, 6) is 0.150. The summed E-state index contributed by atoms with van der Waals surface area (Å²) in [7, 11) is 0. The Kier molecular flexibility index (Phi) is 6.63. The highest BCUT2D eigenvalue weighted by Crippen LogP contribution is 2.40. The van der Waals surface area contributed by atoms with Crippen LogP contribution in [0.1, 0.15) is 35.3 Å². The van der Waals surface area contributed by atoms with Crippen LogP contribution in [0.2, 0.25) is 0 Å². The molecule has 0 radical (unpaired) electrons. The molecule has 1 N–H and O–H groups in total. The van der Waals surface area contributed by atoms with E-state index in [-0.39, 0.29) is 35.3 Å². The van der Waals surface area contributed by atoms with Crippen LogP contribution < -0.4 is 5.56 Å². The van der Waals surface area contributed by atoms with E-state index in [0.29, 0.717) is 29.8 Å². The lowest BCUT2D eigenvalue weighted by molar-refractivity contribution is -0.180. The zero-order valence-corrected chi connectivity index (χ0v) is 21.1. The molecule has 1 saturated heterocycles. The summed E-state index contributed by atoms with van der Waals surface area (Å²) in [6.07, 6.45) is -3.33. The second-order valence-electron chi connectivity index (χ2n) is 10.1. The summed E-state index contributed by atoms with van der Waals surface area (Å²) in [6, 6.07) is 15.6. The van der Waals surface area contributed by atoms with E-state index in [4.69, 9.17) is 4.52 Å². The fourth-order valence-electron chi connectivity index (χ4n) is 4.24. The third-order valence-electron chi connectivity index (χ3n) is 6.91. The van der Waals surface area contributed by atoms with E-state index in [2.05, 4.69) is 10.1 Å². The van der Waals surface area contributed by atoms with Crippen LogP contribution in [0.4, 0.5) is 13.2 Å². The Morgan fingerprint density at radius 2 is 1.74 bits per heavy atom. The maximum Gasteiger partial charge on any atom is 0.397 e. The van der Waals surface area contributed by atoms with Gasteiger partial charge >= 0.3 is 6.18 Å². The number of carbonyl (C=O) groups is 1. The van der Waals surface area contributed by atoms with Gasteiger partial charge < -0.3 is 19.1 Å². The molecule has 5 rings (SSSR count). The van der Waals surface area contributed by atoms with E-state index in [1.54, 1.807) is 41.4 Å². The fraction of sp³-hybridized carbons (Fsp3) is 0.286. The zero-order valence-electron chi connectivity index (χ0n) is 21.1. The second kappa shape index (κ2) is 9.81. The molecule has 202 valence electrons. The second-order valence-corrected chi connectivity index (χ2v) is 10.1. The van der Waals surface area contributed by atoms with Crippen molar-refractivity contribution in [2.24, 2.45) is 0 Å². The number of amides is 1. The van der Waals surface area contributed by atoms with Gasteiger partial charge in [0.05, 0.1) is 23.6 Å². The largest absolute Gasteiger partial charge is 0.397 e. The molecule has 1 fully saturated rings. The summed E-state index contributed by atoms with van der Waals surface area (Å²) >= 11 is 0. The van der Waals surface area contributed by atoms with E-state index in [9.17, 15) is 27.9 Å². The molecular weight excluding hydrogens is 513 g/mol. The third kappa shape index (κ3) is 5.22. The van der Waals surface area contributed by atoms with Gasteiger partial charge in [0.2, 0.25) is 5.82 Å². The molecule has 0 atom stereocenters. The predicted molar refractivity (Wildman–Crippen MR) is 136 cm³/mol. The monoisotopic (exact) mass is 538 g/mol. The maximum atomic E-state index is 13.4. The van der Waals surface area contributed by atoms with Crippen LogP contribution in [-0.4, -0.2) is 56.0 Å². The van der Waals surface area contributed by atoms with Gasteiger partial charge in [-0.3, -0.25) is 9.59 Å². The number of halogens is 3. The van der Waals surface area contributed by atoms with E-state index in [1.165, 1.54) is 34.9 Å². The number of aromatic nitrogens is 3. The van der Waals surface area contributed by atoms with E-state index < -0.39 is 17.7 Å². The SMILES string of the molecule is CC(C)(c1ccc(-c2noc(-c3ccc(=O)n(Cc4cccc(C(=O)N5CC(O)C5)c4)c3)n2)cc1)C(F)(F)F. The van der Waals surface area contributed by atoms with E-state index in [1.807, 2.05) is 0 Å². The van der Waals surface area contributed by atoms with Crippen LogP contribution in [0.5, 0.6) is 0 Å². The first-order valence-electron chi connectivity index (χ1n) is 12.2. The normalized spacial score (nSPS) is 14.4. The van der Waals surface area contributed by atoms with Crippen LogP contribution in [0.25, 0.3) is 22.8 Å². The molecule has 2 aromatic carbocycles. The Bertz CT molecular complexity index is 1570. The van der Waals surface area contributed by atoms with Crippen LogP contribution in [0.3, 0.4) is 0 Å². The minimum Gasteiger partial charge on any atom is -0.389 e.